The monoisotopic (exact) mass is 560 g/mol. The van der Waals surface area contributed by atoms with Gasteiger partial charge in [-0.1, -0.05) is 17.7 Å². The number of nitrogens with one attached hydrogen (secondary N) is 1. The molecule has 2 aliphatic carbocycles. The normalized spacial score (nSPS) is 21.2. The van der Waals surface area contributed by atoms with Crippen molar-refractivity contribution in [1.82, 2.24) is 29.8 Å². The zero-order valence-corrected chi connectivity index (χ0v) is 23.1. The van der Waals surface area contributed by atoms with Gasteiger partial charge < -0.3 is 16.0 Å². The highest BCUT2D eigenvalue weighted by Gasteiger charge is 2.37. The molecule has 0 radical (unpaired) electrons. The molecule has 3 aliphatic rings. The Hall–Kier alpha value is -3.63. The first kappa shape index (κ1) is 25.3. The summed E-state index contributed by atoms with van der Waals surface area (Å²) in [4.78, 5) is 35.1. The van der Waals surface area contributed by atoms with Crippen LogP contribution in [0.15, 0.2) is 35.4 Å². The van der Waals surface area contributed by atoms with Crippen LogP contribution in [0.3, 0.4) is 0 Å². The van der Waals surface area contributed by atoms with Gasteiger partial charge in [0.25, 0.3) is 0 Å². The molecule has 3 aromatic heterocycles. The number of halogens is 2. The number of piperazine rings is 1. The smallest absolute Gasteiger partial charge is 0.355 e. The average molecular weight is 561 g/mol. The van der Waals surface area contributed by atoms with Gasteiger partial charge >= 0.3 is 5.69 Å². The van der Waals surface area contributed by atoms with Crippen LogP contribution < -0.4 is 21.6 Å². The van der Waals surface area contributed by atoms with Gasteiger partial charge in [0.2, 0.25) is 0 Å². The van der Waals surface area contributed by atoms with E-state index in [9.17, 15) is 4.79 Å². The molecular weight excluding hydrogens is 531 g/mol. The van der Waals surface area contributed by atoms with Gasteiger partial charge in [0.15, 0.2) is 5.65 Å². The molecule has 1 saturated heterocycles. The van der Waals surface area contributed by atoms with Gasteiger partial charge in [-0.25, -0.2) is 28.7 Å². The number of nitrogen functional groups attached to an aromatic ring is 1. The van der Waals surface area contributed by atoms with Gasteiger partial charge in [-0.2, -0.15) is 4.98 Å². The number of anilines is 2. The van der Waals surface area contributed by atoms with E-state index < -0.39 is 11.5 Å². The van der Waals surface area contributed by atoms with Crippen molar-refractivity contribution >= 4 is 34.1 Å². The van der Waals surface area contributed by atoms with Gasteiger partial charge in [0.05, 0.1) is 38.7 Å². The number of hydrogen-bond acceptors (Lipinski definition) is 8. The molecule has 0 spiro atoms. The first-order valence-electron chi connectivity index (χ1n) is 13.8. The van der Waals surface area contributed by atoms with Crippen LogP contribution in [0.4, 0.5) is 15.9 Å². The van der Waals surface area contributed by atoms with E-state index in [4.69, 9.17) is 22.3 Å². The van der Waals surface area contributed by atoms with Crippen LogP contribution in [0.2, 0.25) is 5.02 Å². The van der Waals surface area contributed by atoms with E-state index >= 15 is 4.39 Å². The Bertz CT molecular complexity index is 1670. The van der Waals surface area contributed by atoms with Gasteiger partial charge in [-0.15, -0.1) is 0 Å². The summed E-state index contributed by atoms with van der Waals surface area (Å²) >= 11 is 6.82. The van der Waals surface area contributed by atoms with E-state index in [0.717, 1.165) is 43.6 Å². The second-order valence-corrected chi connectivity index (χ2v) is 11.7. The van der Waals surface area contributed by atoms with Crippen molar-refractivity contribution < 1.29 is 4.39 Å². The molecular formula is C29H30ClFN8O. The molecule has 206 valence electrons. The Morgan fingerprint density at radius 3 is 2.42 bits per heavy atom. The number of pyridine rings is 1. The molecule has 40 heavy (non-hydrogen) atoms. The van der Waals surface area contributed by atoms with Crippen LogP contribution in [0.25, 0.3) is 28.0 Å². The zero-order chi connectivity index (χ0) is 27.7. The predicted molar refractivity (Wildman–Crippen MR) is 154 cm³/mol. The lowest BCUT2D eigenvalue weighted by Crippen LogP contribution is -2.55. The third kappa shape index (κ3) is 4.21. The Morgan fingerprint density at radius 2 is 1.77 bits per heavy atom. The lowest BCUT2D eigenvalue weighted by atomic mass is 10.1. The zero-order valence-electron chi connectivity index (χ0n) is 22.4. The van der Waals surface area contributed by atoms with E-state index in [2.05, 4.69) is 39.0 Å². The second kappa shape index (κ2) is 9.49. The Balaban J connectivity index is 1.57. The fraction of sp³-hybridized carbons (Fsp3) is 0.414. The van der Waals surface area contributed by atoms with Crippen molar-refractivity contribution in [3.8, 4) is 16.9 Å². The molecule has 11 heteroatoms. The Morgan fingerprint density at radius 1 is 1.07 bits per heavy atom. The molecule has 1 aliphatic heterocycles. The summed E-state index contributed by atoms with van der Waals surface area (Å²) in [5.74, 6) is 0.472. The Kier molecular flexibility index (Phi) is 6.01. The molecule has 4 heterocycles. The molecule has 4 aromatic rings. The first-order valence-corrected chi connectivity index (χ1v) is 14.2. The largest absolute Gasteiger partial charge is 0.398 e. The third-order valence-electron chi connectivity index (χ3n) is 8.15. The number of benzene rings is 1. The highest BCUT2D eigenvalue weighted by molar-refractivity contribution is 6.34. The highest BCUT2D eigenvalue weighted by atomic mass is 35.5. The van der Waals surface area contributed by atoms with Crippen LogP contribution in [-0.4, -0.2) is 49.7 Å². The van der Waals surface area contributed by atoms with E-state index in [0.29, 0.717) is 29.1 Å². The number of nitrogens with zero attached hydrogens (tertiary/aromatic N) is 6. The standard InChI is InChI=1S/C29H30ClFN8O/c1-14-12-38(15(2)11-33-14)27-18-10-19(30)25(22-20(31)4-3-5-21(22)32)36-28(18)39(29(40)37-27)26-23(16-6-7-16)34-13-35-24(26)17-8-9-17/h3-5,10,13-17,33H,6-9,11-12,32H2,1-2H3/t14-,15+/m1/s1. The van der Waals surface area contributed by atoms with E-state index in [1.807, 2.05) is 0 Å². The van der Waals surface area contributed by atoms with Crippen molar-refractivity contribution in [2.75, 3.05) is 23.7 Å². The highest BCUT2D eigenvalue weighted by Crippen LogP contribution is 2.47. The van der Waals surface area contributed by atoms with E-state index in [1.54, 1.807) is 24.5 Å². The van der Waals surface area contributed by atoms with Crippen LogP contribution in [0.1, 0.15) is 62.8 Å². The van der Waals surface area contributed by atoms with E-state index in [-0.39, 0.29) is 45.9 Å². The third-order valence-corrected chi connectivity index (χ3v) is 8.44. The van der Waals surface area contributed by atoms with Crippen LogP contribution in [-0.2, 0) is 0 Å². The van der Waals surface area contributed by atoms with Crippen molar-refractivity contribution in [2.45, 2.75) is 63.5 Å². The summed E-state index contributed by atoms with van der Waals surface area (Å²) in [5.41, 5.74) is 8.90. The minimum atomic E-state index is -0.540. The fourth-order valence-electron chi connectivity index (χ4n) is 5.76. The number of hydrogen-bond donors (Lipinski definition) is 2. The topological polar surface area (TPSA) is 115 Å². The van der Waals surface area contributed by atoms with Crippen LogP contribution >= 0.6 is 11.6 Å². The van der Waals surface area contributed by atoms with E-state index in [1.165, 1.54) is 10.6 Å². The minimum absolute atomic E-state index is 0.0759. The lowest BCUT2D eigenvalue weighted by Gasteiger charge is -2.38. The number of nitrogens with two attached hydrogens (primary N) is 1. The summed E-state index contributed by atoms with van der Waals surface area (Å²) in [7, 11) is 0. The molecule has 7 rings (SSSR count). The molecule has 9 nitrogen and oxygen atoms in total. The molecule has 3 fully saturated rings. The fourth-order valence-corrected chi connectivity index (χ4v) is 6.00. The SMILES string of the molecule is C[C@@H]1CN(c2nc(=O)n(-c3c(C4CC4)ncnc3C3CC3)c3nc(-c4c(N)cccc4F)c(Cl)cc23)[C@@H](C)CN1. The maximum atomic E-state index is 15.1. The Labute approximate surface area is 235 Å². The van der Waals surface area contributed by atoms with Gasteiger partial charge in [-0.05, 0) is 57.7 Å². The molecule has 1 aromatic carbocycles. The summed E-state index contributed by atoms with van der Waals surface area (Å²) in [6.45, 7) is 5.57. The summed E-state index contributed by atoms with van der Waals surface area (Å²) < 4.78 is 16.7. The van der Waals surface area contributed by atoms with Crippen molar-refractivity contribution in [1.29, 1.82) is 0 Å². The van der Waals surface area contributed by atoms with Crippen LogP contribution in [0.5, 0.6) is 0 Å². The quantitative estimate of drug-likeness (QED) is 0.342. The van der Waals surface area contributed by atoms with Crippen molar-refractivity contribution in [2.24, 2.45) is 0 Å². The predicted octanol–water partition coefficient (Wildman–Crippen LogP) is 4.55. The molecule has 2 atom stereocenters. The lowest BCUT2D eigenvalue weighted by molar-refractivity contribution is 0.423. The number of fused-ring (bicyclic) bond motifs is 1. The summed E-state index contributed by atoms with van der Waals surface area (Å²) in [5, 5.41) is 4.31. The van der Waals surface area contributed by atoms with Crippen molar-refractivity contribution in [3.63, 3.8) is 0 Å². The van der Waals surface area contributed by atoms with Gasteiger partial charge in [0.1, 0.15) is 18.0 Å². The average Bonchev–Trinajstić information content (AvgIpc) is 3.84. The molecule has 0 unspecified atom stereocenters. The molecule has 3 N–H and O–H groups in total. The maximum Gasteiger partial charge on any atom is 0.355 e. The molecule has 0 amide bonds. The van der Waals surface area contributed by atoms with Gasteiger partial charge in [0, 0.05) is 42.7 Å². The summed E-state index contributed by atoms with van der Waals surface area (Å²) in [6, 6.07) is 6.48. The second-order valence-electron chi connectivity index (χ2n) is 11.3. The summed E-state index contributed by atoms with van der Waals surface area (Å²) in [6.07, 6.45) is 5.59. The van der Waals surface area contributed by atoms with Crippen molar-refractivity contribution in [3.05, 3.63) is 63.3 Å². The number of aromatic nitrogens is 5. The van der Waals surface area contributed by atoms with Crippen LogP contribution in [0, 0.1) is 5.82 Å². The first-order chi connectivity index (χ1) is 19.3. The minimum Gasteiger partial charge on any atom is -0.398 e. The number of rotatable bonds is 5. The molecule has 0 bridgehead atoms. The van der Waals surface area contributed by atoms with Gasteiger partial charge in [-0.3, -0.25) is 0 Å². The molecule has 2 saturated carbocycles. The maximum absolute atomic E-state index is 15.1.